The molecule has 140 valence electrons. The van der Waals surface area contributed by atoms with Crippen LogP contribution in [0, 0.1) is 17.6 Å². The molecular formula is C18H24F4N2O. The molecule has 1 fully saturated rings. The number of nitrogens with zero attached hydrogens (tertiary/aromatic N) is 2. The Morgan fingerprint density at radius 3 is 2.52 bits per heavy atom. The second kappa shape index (κ2) is 7.72. The topological polar surface area (TPSA) is 23.6 Å². The molecule has 0 aromatic heterocycles. The lowest BCUT2D eigenvalue weighted by Crippen LogP contribution is -2.52. The summed E-state index contributed by atoms with van der Waals surface area (Å²) >= 11 is 0. The number of halogens is 4. The molecule has 1 aliphatic rings. The van der Waals surface area contributed by atoms with Crippen LogP contribution in [0.4, 0.5) is 17.6 Å². The largest absolute Gasteiger partial charge is 0.337 e. The Morgan fingerprint density at radius 2 is 1.96 bits per heavy atom. The van der Waals surface area contributed by atoms with Crippen LogP contribution >= 0.6 is 0 Å². The van der Waals surface area contributed by atoms with Crippen LogP contribution in [0.5, 0.6) is 0 Å². The summed E-state index contributed by atoms with van der Waals surface area (Å²) in [4.78, 5) is 15.7. The minimum absolute atomic E-state index is 0.0230. The van der Waals surface area contributed by atoms with E-state index in [2.05, 4.69) is 0 Å². The minimum Gasteiger partial charge on any atom is -0.337 e. The van der Waals surface area contributed by atoms with Crippen LogP contribution in [0.25, 0.3) is 0 Å². The van der Waals surface area contributed by atoms with E-state index >= 15 is 0 Å². The normalized spacial score (nSPS) is 19.0. The Bertz CT molecular complexity index is 621. The molecule has 1 aromatic carbocycles. The summed E-state index contributed by atoms with van der Waals surface area (Å²) < 4.78 is 53.7. The van der Waals surface area contributed by atoms with Crippen molar-refractivity contribution in [1.29, 1.82) is 0 Å². The third kappa shape index (κ3) is 4.93. The van der Waals surface area contributed by atoms with Gasteiger partial charge < -0.3 is 4.90 Å². The Morgan fingerprint density at radius 1 is 1.28 bits per heavy atom. The molecule has 0 radical (unpaired) electrons. The van der Waals surface area contributed by atoms with Crippen LogP contribution in [-0.2, 0) is 0 Å². The standard InChI is InChI=1S/C18H24F4N2O/c1-12(2)16(10-24-8-4-7-18(21,22)11-24)23(3)17(25)13-5-6-14(19)15(20)9-13/h5-6,9,12,16H,4,7-8,10-11H2,1-3H3/t16-/m1/s1. The third-order valence-electron chi connectivity index (χ3n) is 4.67. The van der Waals surface area contributed by atoms with Crippen molar-refractivity contribution in [3.63, 3.8) is 0 Å². The fraction of sp³-hybridized carbons (Fsp3) is 0.611. The molecule has 25 heavy (non-hydrogen) atoms. The van der Waals surface area contributed by atoms with Crippen molar-refractivity contribution >= 4 is 5.91 Å². The highest BCUT2D eigenvalue weighted by Crippen LogP contribution is 2.27. The van der Waals surface area contributed by atoms with E-state index in [9.17, 15) is 22.4 Å². The van der Waals surface area contributed by atoms with Crippen LogP contribution in [0.15, 0.2) is 18.2 Å². The van der Waals surface area contributed by atoms with Gasteiger partial charge in [0.2, 0.25) is 0 Å². The van der Waals surface area contributed by atoms with Crippen LogP contribution < -0.4 is 0 Å². The lowest BCUT2D eigenvalue weighted by atomic mass is 9.99. The van der Waals surface area contributed by atoms with Gasteiger partial charge in [-0.3, -0.25) is 9.69 Å². The van der Waals surface area contributed by atoms with Crippen LogP contribution in [0.3, 0.4) is 0 Å². The average molecular weight is 360 g/mol. The summed E-state index contributed by atoms with van der Waals surface area (Å²) in [5.74, 6) is -5.25. The molecule has 0 bridgehead atoms. The van der Waals surface area contributed by atoms with E-state index in [-0.39, 0.29) is 30.5 Å². The van der Waals surface area contributed by atoms with Crippen LogP contribution in [0.1, 0.15) is 37.0 Å². The number of hydrogen-bond donors (Lipinski definition) is 0. The number of rotatable bonds is 5. The SMILES string of the molecule is CC(C)[C@@H](CN1CCCC(F)(F)C1)N(C)C(=O)c1ccc(F)c(F)c1. The van der Waals surface area contributed by atoms with Gasteiger partial charge in [0, 0.05) is 31.6 Å². The highest BCUT2D eigenvalue weighted by molar-refractivity contribution is 5.94. The fourth-order valence-corrected chi connectivity index (χ4v) is 3.23. The Labute approximate surface area is 145 Å². The van der Waals surface area contributed by atoms with E-state index in [0.29, 0.717) is 19.5 Å². The summed E-state index contributed by atoms with van der Waals surface area (Å²) in [6.45, 7) is 4.37. The quantitative estimate of drug-likeness (QED) is 0.746. The van der Waals surface area contributed by atoms with Gasteiger partial charge in [-0.1, -0.05) is 13.8 Å². The van der Waals surface area contributed by atoms with Crippen LogP contribution in [-0.4, -0.2) is 54.4 Å². The molecule has 7 heteroatoms. The molecule has 0 saturated carbocycles. The lowest BCUT2D eigenvalue weighted by molar-refractivity contribution is -0.0690. The van der Waals surface area contributed by atoms with Gasteiger partial charge in [-0.15, -0.1) is 0 Å². The van der Waals surface area contributed by atoms with E-state index in [4.69, 9.17) is 0 Å². The Kier molecular flexibility index (Phi) is 6.08. The van der Waals surface area contributed by atoms with Crippen molar-refractivity contribution < 1.29 is 22.4 Å². The molecule has 1 amide bonds. The van der Waals surface area contributed by atoms with Crippen molar-refractivity contribution in [3.05, 3.63) is 35.4 Å². The van der Waals surface area contributed by atoms with Crippen molar-refractivity contribution in [2.24, 2.45) is 5.92 Å². The number of carbonyl (C=O) groups is 1. The zero-order valence-electron chi connectivity index (χ0n) is 14.7. The molecule has 0 aliphatic carbocycles. The Balaban J connectivity index is 2.12. The van der Waals surface area contributed by atoms with Crippen molar-refractivity contribution in [2.75, 3.05) is 26.7 Å². The zero-order valence-corrected chi connectivity index (χ0v) is 14.7. The van der Waals surface area contributed by atoms with E-state index in [1.54, 1.807) is 11.9 Å². The molecule has 1 aromatic rings. The van der Waals surface area contributed by atoms with Crippen molar-refractivity contribution in [2.45, 2.75) is 38.7 Å². The molecule has 1 heterocycles. The number of amides is 1. The number of alkyl halides is 2. The summed E-state index contributed by atoms with van der Waals surface area (Å²) in [5.41, 5.74) is 0.0380. The molecule has 2 rings (SSSR count). The lowest BCUT2D eigenvalue weighted by Gasteiger charge is -2.39. The number of carbonyl (C=O) groups excluding carboxylic acids is 1. The van der Waals surface area contributed by atoms with Gasteiger partial charge in [-0.2, -0.15) is 0 Å². The van der Waals surface area contributed by atoms with Crippen LogP contribution in [0.2, 0.25) is 0 Å². The second-order valence-corrected chi connectivity index (χ2v) is 7.05. The van der Waals surface area contributed by atoms with E-state index < -0.39 is 23.5 Å². The summed E-state index contributed by atoms with van der Waals surface area (Å²) in [5, 5.41) is 0. The first-order chi connectivity index (χ1) is 11.6. The molecule has 0 unspecified atom stereocenters. The highest BCUT2D eigenvalue weighted by atomic mass is 19.3. The summed E-state index contributed by atoms with van der Waals surface area (Å²) in [6.07, 6.45) is 0.304. The predicted molar refractivity (Wildman–Crippen MR) is 87.7 cm³/mol. The maximum Gasteiger partial charge on any atom is 0.260 e. The van der Waals surface area contributed by atoms with Gasteiger partial charge in [0.1, 0.15) is 0 Å². The van der Waals surface area contributed by atoms with Gasteiger partial charge in [0.15, 0.2) is 11.6 Å². The van der Waals surface area contributed by atoms with Gasteiger partial charge >= 0.3 is 0 Å². The number of benzene rings is 1. The van der Waals surface area contributed by atoms with Gasteiger partial charge in [0.05, 0.1) is 6.54 Å². The number of likely N-dealkylation sites (N-methyl/N-ethyl adjacent to an activating group) is 1. The van der Waals surface area contributed by atoms with Crippen molar-refractivity contribution in [1.82, 2.24) is 9.80 Å². The summed E-state index contributed by atoms with van der Waals surface area (Å²) in [6, 6.07) is 2.69. The monoisotopic (exact) mass is 360 g/mol. The maximum absolute atomic E-state index is 13.6. The molecular weight excluding hydrogens is 336 g/mol. The molecule has 0 spiro atoms. The molecule has 0 N–H and O–H groups in total. The molecule has 1 saturated heterocycles. The first-order valence-electron chi connectivity index (χ1n) is 8.43. The number of piperidine rings is 1. The predicted octanol–water partition coefficient (Wildman–Crippen LogP) is 3.79. The second-order valence-electron chi connectivity index (χ2n) is 7.05. The molecule has 1 atom stereocenters. The average Bonchev–Trinajstić information content (AvgIpc) is 2.52. The van der Waals surface area contributed by atoms with Gasteiger partial charge in [-0.05, 0) is 37.1 Å². The first-order valence-corrected chi connectivity index (χ1v) is 8.43. The molecule has 3 nitrogen and oxygen atoms in total. The first kappa shape index (κ1) is 19.7. The smallest absolute Gasteiger partial charge is 0.260 e. The fourth-order valence-electron chi connectivity index (χ4n) is 3.23. The third-order valence-corrected chi connectivity index (χ3v) is 4.67. The van der Waals surface area contributed by atoms with Crippen molar-refractivity contribution in [3.8, 4) is 0 Å². The Hall–Kier alpha value is -1.63. The minimum atomic E-state index is -2.71. The number of hydrogen-bond acceptors (Lipinski definition) is 2. The zero-order chi connectivity index (χ0) is 18.8. The van der Waals surface area contributed by atoms with E-state index in [1.165, 1.54) is 11.0 Å². The summed E-state index contributed by atoms with van der Waals surface area (Å²) in [7, 11) is 1.57. The maximum atomic E-state index is 13.6. The van der Waals surface area contributed by atoms with E-state index in [0.717, 1.165) is 12.1 Å². The molecule has 1 aliphatic heterocycles. The number of likely N-dealkylation sites (tertiary alicyclic amines) is 1. The highest BCUT2D eigenvalue weighted by Gasteiger charge is 2.37. The van der Waals surface area contributed by atoms with E-state index in [1.807, 2.05) is 13.8 Å². The van der Waals surface area contributed by atoms with Gasteiger partial charge in [-0.25, -0.2) is 17.6 Å². The van der Waals surface area contributed by atoms with Gasteiger partial charge in [0.25, 0.3) is 11.8 Å².